The maximum Gasteiger partial charge on any atom is 0.367 e. The quantitative estimate of drug-likeness (QED) is 0.454. The zero-order chi connectivity index (χ0) is 13.4. The van der Waals surface area contributed by atoms with Crippen LogP contribution in [0.25, 0.3) is 0 Å². The number of hydrogen-bond acceptors (Lipinski definition) is 5. The summed E-state index contributed by atoms with van der Waals surface area (Å²) in [6.07, 6.45) is 0. The minimum absolute atomic E-state index is 0.271. The van der Waals surface area contributed by atoms with Crippen LogP contribution < -0.4 is 0 Å². The van der Waals surface area contributed by atoms with E-state index in [0.29, 0.717) is 5.75 Å². The predicted octanol–water partition coefficient (Wildman–Crippen LogP) is 3.61. The van der Waals surface area contributed by atoms with Crippen LogP contribution >= 0.6 is 19.1 Å². The van der Waals surface area contributed by atoms with Gasteiger partial charge in [0, 0.05) is 19.1 Å². The van der Waals surface area contributed by atoms with Crippen LogP contribution in [0, 0.1) is 0 Å². The van der Waals surface area contributed by atoms with Gasteiger partial charge in [-0.3, -0.25) is 4.57 Å². The highest BCUT2D eigenvalue weighted by atomic mass is 32.2. The van der Waals surface area contributed by atoms with Crippen LogP contribution in [-0.2, 0) is 20.4 Å². The molecule has 0 fully saturated rings. The van der Waals surface area contributed by atoms with Crippen molar-refractivity contribution in [2.75, 3.05) is 25.7 Å². The number of hydrogen-bond donors (Lipinski definition) is 0. The van der Waals surface area contributed by atoms with E-state index in [2.05, 4.69) is 0 Å². The Hall–Kier alpha value is -0.770. The number of carbonyl (C=O) groups excluding carboxylic acids is 1. The van der Waals surface area contributed by atoms with E-state index in [1.165, 1.54) is 0 Å². The fraction of sp³-hybridized carbons (Fsp3) is 0.417. The molecule has 0 saturated heterocycles. The third-order valence-corrected chi connectivity index (χ3v) is 3.43. The molecule has 0 unspecified atom stereocenters. The van der Waals surface area contributed by atoms with Crippen LogP contribution in [0.3, 0.4) is 0 Å². The smallest absolute Gasteiger partial charge is 0.367 e. The Bertz CT molecular complexity index is 415. The van der Waals surface area contributed by atoms with Crippen LogP contribution in [-0.4, -0.2) is 31.0 Å². The Balaban J connectivity index is 2.13. The fourth-order valence-corrected chi connectivity index (χ4v) is 2.27. The van der Waals surface area contributed by atoms with Gasteiger partial charge in [-0.1, -0.05) is 30.3 Å². The summed E-state index contributed by atoms with van der Waals surface area (Å²) in [5, 5.41) is -0.343. The van der Waals surface area contributed by atoms with Crippen molar-refractivity contribution in [3.8, 4) is 0 Å². The lowest BCUT2D eigenvalue weighted by Gasteiger charge is -2.07. The van der Waals surface area contributed by atoms with Crippen molar-refractivity contribution in [2.24, 2.45) is 0 Å². The van der Waals surface area contributed by atoms with Crippen molar-refractivity contribution < 1.29 is 18.6 Å². The zero-order valence-corrected chi connectivity index (χ0v) is 12.2. The highest BCUT2D eigenvalue weighted by molar-refractivity contribution is 8.13. The summed E-state index contributed by atoms with van der Waals surface area (Å²) >= 11 is 1.03. The molecule has 0 spiro atoms. The molecule has 0 aliphatic rings. The third-order valence-electron chi connectivity index (χ3n) is 1.90. The van der Waals surface area contributed by atoms with E-state index in [9.17, 15) is 9.36 Å². The normalized spacial score (nSPS) is 11.2. The van der Waals surface area contributed by atoms with E-state index in [4.69, 9.17) is 9.26 Å². The molecule has 0 bridgehead atoms. The second-order valence-corrected chi connectivity index (χ2v) is 7.75. The molecule has 0 N–H and O–H groups in total. The van der Waals surface area contributed by atoms with E-state index in [1.54, 1.807) is 13.3 Å². The monoisotopic (exact) mass is 288 g/mol. The second kappa shape index (κ2) is 7.62. The SMILES string of the molecule is CP(C)(=O)OCCSC(=O)OCc1ccccc1. The first-order valence-electron chi connectivity index (χ1n) is 5.50. The van der Waals surface area contributed by atoms with Crippen LogP contribution in [0.5, 0.6) is 0 Å². The first-order valence-corrected chi connectivity index (χ1v) is 9.01. The maximum absolute atomic E-state index is 11.4. The van der Waals surface area contributed by atoms with Crippen molar-refractivity contribution in [2.45, 2.75) is 6.61 Å². The molecule has 1 aromatic rings. The number of thioether (sulfide) groups is 1. The first-order chi connectivity index (χ1) is 8.47. The Labute approximate surface area is 112 Å². The van der Waals surface area contributed by atoms with Crippen molar-refractivity contribution in [1.29, 1.82) is 0 Å². The number of benzene rings is 1. The molecule has 100 valence electrons. The molecule has 0 saturated carbocycles. The molecule has 0 aliphatic carbocycles. The molecule has 18 heavy (non-hydrogen) atoms. The average molecular weight is 288 g/mol. The van der Waals surface area contributed by atoms with Crippen molar-refractivity contribution in [3.63, 3.8) is 0 Å². The predicted molar refractivity (Wildman–Crippen MR) is 74.5 cm³/mol. The molecule has 0 amide bonds. The standard InChI is InChI=1S/C12H17O4PS/c1-17(2,14)16-8-9-18-12(13)15-10-11-6-4-3-5-7-11/h3-7H,8-10H2,1-2H3. The van der Waals surface area contributed by atoms with Crippen LogP contribution in [0.2, 0.25) is 0 Å². The molecule has 4 nitrogen and oxygen atoms in total. The van der Waals surface area contributed by atoms with E-state index in [1.807, 2.05) is 30.3 Å². The van der Waals surface area contributed by atoms with Gasteiger partial charge in [0.2, 0.25) is 0 Å². The van der Waals surface area contributed by atoms with Gasteiger partial charge in [0.1, 0.15) is 6.61 Å². The van der Waals surface area contributed by atoms with Crippen molar-refractivity contribution in [1.82, 2.24) is 0 Å². The minimum Gasteiger partial charge on any atom is -0.453 e. The fourth-order valence-electron chi connectivity index (χ4n) is 1.14. The number of carbonyl (C=O) groups is 1. The van der Waals surface area contributed by atoms with Gasteiger partial charge in [0.05, 0.1) is 6.61 Å². The topological polar surface area (TPSA) is 52.6 Å². The minimum atomic E-state index is -2.45. The van der Waals surface area contributed by atoms with Gasteiger partial charge in [0.25, 0.3) is 0 Å². The van der Waals surface area contributed by atoms with Crippen molar-refractivity contribution >= 4 is 24.4 Å². The average Bonchev–Trinajstić information content (AvgIpc) is 2.32. The highest BCUT2D eigenvalue weighted by Crippen LogP contribution is 2.37. The van der Waals surface area contributed by atoms with Gasteiger partial charge in [-0.05, 0) is 17.3 Å². The zero-order valence-electron chi connectivity index (χ0n) is 10.5. The molecular weight excluding hydrogens is 271 g/mol. The summed E-state index contributed by atoms with van der Waals surface area (Å²) in [6, 6.07) is 9.48. The Morgan fingerprint density at radius 1 is 1.28 bits per heavy atom. The molecule has 1 rings (SSSR count). The molecule has 0 aliphatic heterocycles. The summed E-state index contributed by atoms with van der Waals surface area (Å²) in [6.45, 7) is 3.65. The molecule has 6 heteroatoms. The molecule has 1 aromatic carbocycles. The van der Waals surface area contributed by atoms with Crippen LogP contribution in [0.15, 0.2) is 30.3 Å². The Kier molecular flexibility index (Phi) is 6.47. The summed E-state index contributed by atoms with van der Waals surface area (Å²) in [5.41, 5.74) is 0.953. The lowest BCUT2D eigenvalue weighted by atomic mass is 10.2. The third kappa shape index (κ3) is 7.54. The van der Waals surface area contributed by atoms with E-state index in [-0.39, 0.29) is 18.5 Å². The van der Waals surface area contributed by atoms with E-state index in [0.717, 1.165) is 17.3 Å². The second-order valence-electron chi connectivity index (χ2n) is 3.96. The number of rotatable bonds is 6. The van der Waals surface area contributed by atoms with Gasteiger partial charge in [-0.25, -0.2) is 4.79 Å². The highest BCUT2D eigenvalue weighted by Gasteiger charge is 2.08. The van der Waals surface area contributed by atoms with Crippen molar-refractivity contribution in [3.05, 3.63) is 35.9 Å². The molecule has 0 atom stereocenters. The van der Waals surface area contributed by atoms with Gasteiger partial charge in [-0.15, -0.1) is 0 Å². The van der Waals surface area contributed by atoms with E-state index < -0.39 is 7.37 Å². The molecule has 0 aromatic heterocycles. The largest absolute Gasteiger partial charge is 0.453 e. The Morgan fingerprint density at radius 3 is 2.56 bits per heavy atom. The van der Waals surface area contributed by atoms with E-state index >= 15 is 0 Å². The summed E-state index contributed by atoms with van der Waals surface area (Å²) in [4.78, 5) is 11.4. The first kappa shape index (κ1) is 15.3. The van der Waals surface area contributed by atoms with Gasteiger partial charge in [-0.2, -0.15) is 0 Å². The molecular formula is C12H17O4PS. The van der Waals surface area contributed by atoms with Crippen LogP contribution in [0.1, 0.15) is 5.56 Å². The lowest BCUT2D eigenvalue weighted by molar-refractivity contribution is 0.168. The summed E-state index contributed by atoms with van der Waals surface area (Å²) in [5.74, 6) is 0.444. The van der Waals surface area contributed by atoms with Gasteiger partial charge < -0.3 is 9.26 Å². The summed E-state index contributed by atoms with van der Waals surface area (Å²) < 4.78 is 21.4. The van der Waals surface area contributed by atoms with Gasteiger partial charge >= 0.3 is 5.30 Å². The Morgan fingerprint density at radius 2 is 1.94 bits per heavy atom. The molecule has 0 heterocycles. The van der Waals surface area contributed by atoms with Crippen LogP contribution in [0.4, 0.5) is 4.79 Å². The lowest BCUT2D eigenvalue weighted by Crippen LogP contribution is -2.02. The maximum atomic E-state index is 11.4. The summed E-state index contributed by atoms with van der Waals surface area (Å²) in [7, 11) is -2.45. The number of ether oxygens (including phenoxy) is 1. The molecule has 0 radical (unpaired) electrons. The van der Waals surface area contributed by atoms with Gasteiger partial charge in [0.15, 0.2) is 7.37 Å².